The Kier molecular flexibility index (Phi) is 3.72. The zero-order valence-electron chi connectivity index (χ0n) is 8.22. The molecule has 0 amide bonds. The van der Waals surface area contributed by atoms with Gasteiger partial charge in [-0.15, -0.1) is 22.7 Å². The van der Waals surface area contributed by atoms with Crippen molar-refractivity contribution in [3.8, 4) is 9.75 Å². The highest BCUT2D eigenvalue weighted by molar-refractivity contribution is 7.21. The molecule has 0 spiro atoms. The lowest BCUT2D eigenvalue weighted by molar-refractivity contribution is 0.303. The number of thiophene rings is 2. The third-order valence-corrected chi connectivity index (χ3v) is 4.08. The third kappa shape index (κ3) is 2.78. The fraction of sp³-hybridized carbons (Fsp3) is 0.167. The molecule has 1 N–H and O–H groups in total. The van der Waals surface area contributed by atoms with Crippen molar-refractivity contribution in [3.05, 3.63) is 40.6 Å². The topological polar surface area (TPSA) is 20.2 Å². The van der Waals surface area contributed by atoms with E-state index in [1.54, 1.807) is 22.7 Å². The standard InChI is InChI=1S/C12H12OS2/c13-8-2-1-4-10-6-7-12(15-10)11-5-3-9-14-11/h1,3-7,9,13H,2,8H2. The molecule has 0 saturated carbocycles. The normalized spacial score (nSPS) is 11.3. The Morgan fingerprint density at radius 3 is 2.87 bits per heavy atom. The summed E-state index contributed by atoms with van der Waals surface area (Å²) in [5, 5.41) is 10.7. The van der Waals surface area contributed by atoms with E-state index in [9.17, 15) is 0 Å². The average Bonchev–Trinajstić information content (AvgIpc) is 2.87. The molecule has 0 bridgehead atoms. The zero-order chi connectivity index (χ0) is 10.5. The predicted octanol–water partition coefficient (Wildman–Crippen LogP) is 3.87. The summed E-state index contributed by atoms with van der Waals surface area (Å²) in [5.74, 6) is 0. The summed E-state index contributed by atoms with van der Waals surface area (Å²) < 4.78 is 0. The van der Waals surface area contributed by atoms with Crippen molar-refractivity contribution in [2.45, 2.75) is 6.42 Å². The van der Waals surface area contributed by atoms with Gasteiger partial charge in [0.2, 0.25) is 0 Å². The Hall–Kier alpha value is -0.900. The van der Waals surface area contributed by atoms with E-state index in [2.05, 4.69) is 35.7 Å². The van der Waals surface area contributed by atoms with Crippen LogP contribution in [0.1, 0.15) is 11.3 Å². The quantitative estimate of drug-likeness (QED) is 0.854. The van der Waals surface area contributed by atoms with E-state index in [1.165, 1.54) is 14.6 Å². The number of rotatable bonds is 4. The highest BCUT2D eigenvalue weighted by Gasteiger charge is 2.00. The molecule has 1 nitrogen and oxygen atoms in total. The van der Waals surface area contributed by atoms with Crippen LogP contribution in [0.4, 0.5) is 0 Å². The average molecular weight is 236 g/mol. The summed E-state index contributed by atoms with van der Waals surface area (Å²) in [6.07, 6.45) is 4.80. The SMILES string of the molecule is OCCC=Cc1ccc(-c2cccs2)s1. The second-order valence-corrected chi connectivity index (χ2v) is 5.16. The van der Waals surface area contributed by atoms with Crippen LogP contribution in [-0.4, -0.2) is 11.7 Å². The van der Waals surface area contributed by atoms with Gasteiger partial charge in [0.15, 0.2) is 0 Å². The van der Waals surface area contributed by atoms with Crippen molar-refractivity contribution in [1.82, 2.24) is 0 Å². The third-order valence-electron chi connectivity index (χ3n) is 1.97. The fourth-order valence-electron chi connectivity index (χ4n) is 1.27. The van der Waals surface area contributed by atoms with Crippen molar-refractivity contribution in [2.24, 2.45) is 0 Å². The van der Waals surface area contributed by atoms with Crippen molar-refractivity contribution in [3.63, 3.8) is 0 Å². The lowest BCUT2D eigenvalue weighted by Gasteiger charge is -1.87. The number of hydrogen-bond acceptors (Lipinski definition) is 3. The van der Waals surface area contributed by atoms with Crippen LogP contribution in [0.25, 0.3) is 15.8 Å². The predicted molar refractivity (Wildman–Crippen MR) is 68.4 cm³/mol. The van der Waals surface area contributed by atoms with E-state index in [0.717, 1.165) is 6.42 Å². The van der Waals surface area contributed by atoms with Crippen LogP contribution in [0, 0.1) is 0 Å². The van der Waals surface area contributed by atoms with E-state index in [-0.39, 0.29) is 6.61 Å². The van der Waals surface area contributed by atoms with Crippen LogP contribution < -0.4 is 0 Å². The molecular formula is C12H12OS2. The number of aliphatic hydroxyl groups excluding tert-OH is 1. The lowest BCUT2D eigenvalue weighted by Crippen LogP contribution is -1.74. The molecular weight excluding hydrogens is 224 g/mol. The maximum Gasteiger partial charge on any atom is 0.0465 e. The van der Waals surface area contributed by atoms with Gasteiger partial charge in [-0.05, 0) is 36.1 Å². The number of aliphatic hydroxyl groups is 1. The molecule has 2 aromatic rings. The van der Waals surface area contributed by atoms with Crippen molar-refractivity contribution < 1.29 is 5.11 Å². The van der Waals surface area contributed by atoms with Crippen LogP contribution in [-0.2, 0) is 0 Å². The fourth-order valence-corrected chi connectivity index (χ4v) is 3.04. The highest BCUT2D eigenvalue weighted by Crippen LogP contribution is 2.31. The van der Waals surface area contributed by atoms with Crippen LogP contribution >= 0.6 is 22.7 Å². The molecule has 0 aromatic carbocycles. The van der Waals surface area contributed by atoms with Gasteiger partial charge in [-0.2, -0.15) is 0 Å². The van der Waals surface area contributed by atoms with Gasteiger partial charge in [-0.25, -0.2) is 0 Å². The molecule has 2 aromatic heterocycles. The van der Waals surface area contributed by atoms with Crippen LogP contribution in [0.3, 0.4) is 0 Å². The molecule has 0 aliphatic carbocycles. The van der Waals surface area contributed by atoms with Crippen LogP contribution in [0.5, 0.6) is 0 Å². The smallest absolute Gasteiger partial charge is 0.0465 e. The second-order valence-electron chi connectivity index (χ2n) is 3.09. The van der Waals surface area contributed by atoms with Gasteiger partial charge in [0, 0.05) is 21.2 Å². The van der Waals surface area contributed by atoms with Gasteiger partial charge >= 0.3 is 0 Å². The molecule has 2 heterocycles. The molecule has 0 atom stereocenters. The first-order chi connectivity index (χ1) is 7.40. The van der Waals surface area contributed by atoms with Gasteiger partial charge in [-0.1, -0.05) is 12.1 Å². The first-order valence-electron chi connectivity index (χ1n) is 4.81. The highest BCUT2D eigenvalue weighted by atomic mass is 32.1. The van der Waals surface area contributed by atoms with Gasteiger partial charge < -0.3 is 5.11 Å². The first kappa shape index (κ1) is 10.6. The van der Waals surface area contributed by atoms with Gasteiger partial charge in [0.1, 0.15) is 0 Å². The van der Waals surface area contributed by atoms with Gasteiger partial charge in [0.05, 0.1) is 0 Å². The Labute approximate surface area is 97.3 Å². The minimum atomic E-state index is 0.222. The molecule has 0 fully saturated rings. The maximum absolute atomic E-state index is 8.65. The largest absolute Gasteiger partial charge is 0.396 e. The number of hydrogen-bond donors (Lipinski definition) is 1. The monoisotopic (exact) mass is 236 g/mol. The van der Waals surface area contributed by atoms with Gasteiger partial charge in [0.25, 0.3) is 0 Å². The van der Waals surface area contributed by atoms with Crippen molar-refractivity contribution in [1.29, 1.82) is 0 Å². The van der Waals surface area contributed by atoms with E-state index in [0.29, 0.717) is 0 Å². The molecule has 0 aliphatic rings. The summed E-state index contributed by atoms with van der Waals surface area (Å²) in [6.45, 7) is 0.222. The lowest BCUT2D eigenvalue weighted by atomic mass is 10.3. The summed E-state index contributed by atoms with van der Waals surface area (Å²) >= 11 is 3.55. The molecule has 78 valence electrons. The van der Waals surface area contributed by atoms with E-state index < -0.39 is 0 Å². The maximum atomic E-state index is 8.65. The minimum absolute atomic E-state index is 0.222. The molecule has 2 rings (SSSR count). The molecule has 15 heavy (non-hydrogen) atoms. The molecule has 0 saturated heterocycles. The van der Waals surface area contributed by atoms with Crippen molar-refractivity contribution >= 4 is 28.7 Å². The van der Waals surface area contributed by atoms with Crippen LogP contribution in [0.2, 0.25) is 0 Å². The summed E-state index contributed by atoms with van der Waals surface area (Å²) in [7, 11) is 0. The Bertz CT molecular complexity index is 426. The second kappa shape index (κ2) is 5.26. The minimum Gasteiger partial charge on any atom is -0.396 e. The van der Waals surface area contributed by atoms with Crippen LogP contribution in [0.15, 0.2) is 35.7 Å². The summed E-state index contributed by atoms with van der Waals surface area (Å²) in [6, 6.07) is 8.47. The summed E-state index contributed by atoms with van der Waals surface area (Å²) in [5.41, 5.74) is 0. The zero-order valence-corrected chi connectivity index (χ0v) is 9.85. The molecule has 0 unspecified atom stereocenters. The van der Waals surface area contributed by atoms with E-state index in [1.807, 2.05) is 6.08 Å². The molecule has 0 aliphatic heterocycles. The first-order valence-corrected chi connectivity index (χ1v) is 6.51. The van der Waals surface area contributed by atoms with Gasteiger partial charge in [-0.3, -0.25) is 0 Å². The molecule has 0 radical (unpaired) electrons. The Balaban J connectivity index is 2.11. The summed E-state index contributed by atoms with van der Waals surface area (Å²) in [4.78, 5) is 3.88. The van der Waals surface area contributed by atoms with E-state index in [4.69, 9.17) is 5.11 Å². The van der Waals surface area contributed by atoms with E-state index >= 15 is 0 Å². The Morgan fingerprint density at radius 2 is 2.13 bits per heavy atom. The molecule has 3 heteroatoms. The van der Waals surface area contributed by atoms with Crippen molar-refractivity contribution in [2.75, 3.05) is 6.61 Å². The Morgan fingerprint density at radius 1 is 1.20 bits per heavy atom.